The Kier molecular flexibility index (Phi) is 4.68. The molecule has 0 saturated carbocycles. The number of aryl methyl sites for hydroxylation is 2. The van der Waals surface area contributed by atoms with Gasteiger partial charge in [0, 0.05) is 25.7 Å². The minimum atomic E-state index is -0.589. The number of aliphatic hydroxyl groups excluding tert-OH is 1. The molecule has 2 aromatic heterocycles. The summed E-state index contributed by atoms with van der Waals surface area (Å²) in [5.41, 5.74) is 0.841. The average molecular weight is 263 g/mol. The van der Waals surface area contributed by atoms with E-state index in [-0.39, 0.29) is 0 Å². The summed E-state index contributed by atoms with van der Waals surface area (Å²) in [5, 5.41) is 18.7. The molecule has 0 fully saturated rings. The number of aliphatic hydroxyl groups is 1. The molecule has 0 bridgehead atoms. The van der Waals surface area contributed by atoms with E-state index in [0.717, 1.165) is 37.4 Å². The van der Waals surface area contributed by atoms with Gasteiger partial charge in [0.2, 0.25) is 0 Å². The van der Waals surface area contributed by atoms with Crippen LogP contribution in [0.5, 0.6) is 0 Å². The molecule has 2 heterocycles. The maximum atomic E-state index is 10.3. The van der Waals surface area contributed by atoms with Crippen molar-refractivity contribution in [3.8, 4) is 0 Å². The molecule has 0 aromatic carbocycles. The second-order valence-corrected chi connectivity index (χ2v) is 4.60. The molecule has 0 spiro atoms. The van der Waals surface area contributed by atoms with E-state index < -0.39 is 6.10 Å². The van der Waals surface area contributed by atoms with E-state index >= 15 is 0 Å². The summed E-state index contributed by atoms with van der Waals surface area (Å²) in [6, 6.07) is 1.86. The fourth-order valence-corrected chi connectivity index (χ4v) is 2.15. The van der Waals surface area contributed by atoms with Gasteiger partial charge in [-0.05, 0) is 18.9 Å². The van der Waals surface area contributed by atoms with Crippen molar-refractivity contribution in [1.29, 1.82) is 0 Å². The van der Waals surface area contributed by atoms with Gasteiger partial charge in [-0.2, -0.15) is 10.2 Å². The lowest BCUT2D eigenvalue weighted by molar-refractivity contribution is 0.162. The molecule has 0 amide bonds. The zero-order chi connectivity index (χ0) is 13.7. The van der Waals surface area contributed by atoms with E-state index in [4.69, 9.17) is 0 Å². The van der Waals surface area contributed by atoms with Crippen LogP contribution < -0.4 is 0 Å². The minimum absolute atomic E-state index is 0.468. The van der Waals surface area contributed by atoms with Crippen molar-refractivity contribution >= 4 is 0 Å². The van der Waals surface area contributed by atoms with Crippen LogP contribution in [0.4, 0.5) is 0 Å². The van der Waals surface area contributed by atoms with Crippen molar-refractivity contribution < 1.29 is 5.11 Å². The van der Waals surface area contributed by atoms with Gasteiger partial charge in [0.25, 0.3) is 0 Å². The van der Waals surface area contributed by atoms with Crippen LogP contribution in [0.25, 0.3) is 0 Å². The lowest BCUT2D eigenvalue weighted by Gasteiger charge is -2.13. The average Bonchev–Trinajstić information content (AvgIpc) is 3.00. The van der Waals surface area contributed by atoms with Gasteiger partial charge in [0.15, 0.2) is 0 Å². The molecular formula is C13H21N5O. The van der Waals surface area contributed by atoms with Gasteiger partial charge in [-0.1, -0.05) is 13.8 Å². The van der Waals surface area contributed by atoms with Crippen LogP contribution in [0.2, 0.25) is 0 Å². The maximum Gasteiger partial charge on any atom is 0.138 e. The van der Waals surface area contributed by atoms with Crippen molar-refractivity contribution in [3.63, 3.8) is 0 Å². The van der Waals surface area contributed by atoms with Crippen molar-refractivity contribution in [3.05, 3.63) is 30.1 Å². The summed E-state index contributed by atoms with van der Waals surface area (Å²) in [5.74, 6) is 0.818. The standard InChI is InChI=1S/C13H21N5O/c1-3-7-17-11(5-6-15-17)12(19)9-13-14-10-16-18(13)8-4-2/h5-6,10,12,19H,3-4,7-9H2,1-2H3. The number of rotatable bonds is 7. The summed E-state index contributed by atoms with van der Waals surface area (Å²) >= 11 is 0. The van der Waals surface area contributed by atoms with Gasteiger partial charge in [-0.15, -0.1) is 0 Å². The van der Waals surface area contributed by atoms with Crippen LogP contribution in [0.3, 0.4) is 0 Å². The van der Waals surface area contributed by atoms with Crippen LogP contribution in [-0.4, -0.2) is 29.7 Å². The monoisotopic (exact) mass is 263 g/mol. The smallest absolute Gasteiger partial charge is 0.138 e. The molecule has 1 atom stereocenters. The molecule has 2 rings (SSSR count). The largest absolute Gasteiger partial charge is 0.386 e. The number of nitrogens with zero attached hydrogens (tertiary/aromatic N) is 5. The summed E-state index contributed by atoms with van der Waals surface area (Å²) in [6.07, 6.45) is 5.14. The van der Waals surface area contributed by atoms with Crippen molar-refractivity contribution in [2.24, 2.45) is 0 Å². The normalized spacial score (nSPS) is 12.8. The summed E-state index contributed by atoms with van der Waals surface area (Å²) in [7, 11) is 0. The van der Waals surface area contributed by atoms with Gasteiger partial charge >= 0.3 is 0 Å². The Morgan fingerprint density at radius 2 is 1.89 bits per heavy atom. The minimum Gasteiger partial charge on any atom is -0.386 e. The molecule has 0 aliphatic carbocycles. The number of aromatic nitrogens is 5. The molecule has 1 unspecified atom stereocenters. The fourth-order valence-electron chi connectivity index (χ4n) is 2.15. The third kappa shape index (κ3) is 3.20. The molecule has 104 valence electrons. The van der Waals surface area contributed by atoms with Crippen LogP contribution in [0, 0.1) is 0 Å². The zero-order valence-corrected chi connectivity index (χ0v) is 11.5. The maximum absolute atomic E-state index is 10.3. The first kappa shape index (κ1) is 13.7. The van der Waals surface area contributed by atoms with E-state index in [1.807, 2.05) is 15.4 Å². The lowest BCUT2D eigenvalue weighted by atomic mass is 10.1. The van der Waals surface area contributed by atoms with Crippen LogP contribution in [0.15, 0.2) is 18.6 Å². The quantitative estimate of drug-likeness (QED) is 0.823. The van der Waals surface area contributed by atoms with Gasteiger partial charge in [0.1, 0.15) is 18.3 Å². The third-order valence-corrected chi connectivity index (χ3v) is 3.03. The molecular weight excluding hydrogens is 242 g/mol. The molecule has 0 radical (unpaired) electrons. The molecule has 6 nitrogen and oxygen atoms in total. The Bertz CT molecular complexity index is 505. The van der Waals surface area contributed by atoms with Crippen LogP contribution in [-0.2, 0) is 19.5 Å². The summed E-state index contributed by atoms with van der Waals surface area (Å²) in [6.45, 7) is 5.84. The topological polar surface area (TPSA) is 68.8 Å². The predicted molar refractivity (Wildman–Crippen MR) is 71.5 cm³/mol. The van der Waals surface area contributed by atoms with Gasteiger partial charge in [-0.25, -0.2) is 4.98 Å². The Morgan fingerprint density at radius 3 is 2.63 bits per heavy atom. The first-order valence-corrected chi connectivity index (χ1v) is 6.82. The van der Waals surface area contributed by atoms with Gasteiger partial charge in [-0.3, -0.25) is 9.36 Å². The Labute approximate surface area is 113 Å². The van der Waals surface area contributed by atoms with Crippen LogP contribution >= 0.6 is 0 Å². The Balaban J connectivity index is 2.09. The van der Waals surface area contributed by atoms with Gasteiger partial charge < -0.3 is 5.11 Å². The zero-order valence-electron chi connectivity index (χ0n) is 11.5. The fraction of sp³-hybridized carbons (Fsp3) is 0.615. The summed E-state index contributed by atoms with van der Waals surface area (Å²) < 4.78 is 3.70. The van der Waals surface area contributed by atoms with E-state index in [2.05, 4.69) is 29.0 Å². The molecule has 0 aliphatic rings. The second-order valence-electron chi connectivity index (χ2n) is 4.60. The SMILES string of the molecule is CCCn1nccc1C(O)Cc1ncnn1CCC. The summed E-state index contributed by atoms with van der Waals surface area (Å²) in [4.78, 5) is 4.22. The van der Waals surface area contributed by atoms with E-state index in [9.17, 15) is 5.11 Å². The molecule has 2 aromatic rings. The van der Waals surface area contributed by atoms with Crippen LogP contribution in [0.1, 0.15) is 44.3 Å². The second kappa shape index (κ2) is 6.47. The first-order valence-electron chi connectivity index (χ1n) is 6.82. The number of hydrogen-bond acceptors (Lipinski definition) is 4. The molecule has 0 aliphatic heterocycles. The van der Waals surface area contributed by atoms with Crippen molar-refractivity contribution in [2.45, 2.75) is 52.3 Å². The van der Waals surface area contributed by atoms with E-state index in [1.165, 1.54) is 0 Å². The predicted octanol–water partition coefficient (Wildman–Crippen LogP) is 1.57. The Morgan fingerprint density at radius 1 is 1.16 bits per heavy atom. The van der Waals surface area contributed by atoms with Crippen molar-refractivity contribution in [2.75, 3.05) is 0 Å². The van der Waals surface area contributed by atoms with Crippen molar-refractivity contribution in [1.82, 2.24) is 24.5 Å². The first-order chi connectivity index (χ1) is 9.26. The highest BCUT2D eigenvalue weighted by atomic mass is 16.3. The molecule has 0 saturated heterocycles. The highest BCUT2D eigenvalue weighted by molar-refractivity contribution is 5.07. The van der Waals surface area contributed by atoms with E-state index in [1.54, 1.807) is 12.5 Å². The lowest BCUT2D eigenvalue weighted by Crippen LogP contribution is -2.14. The van der Waals surface area contributed by atoms with Gasteiger partial charge in [0.05, 0.1) is 5.69 Å². The molecule has 6 heteroatoms. The highest BCUT2D eigenvalue weighted by Gasteiger charge is 2.16. The highest BCUT2D eigenvalue weighted by Crippen LogP contribution is 2.17. The third-order valence-electron chi connectivity index (χ3n) is 3.03. The molecule has 1 N–H and O–H groups in total. The Hall–Kier alpha value is -1.69. The molecule has 19 heavy (non-hydrogen) atoms. The number of hydrogen-bond donors (Lipinski definition) is 1. The van der Waals surface area contributed by atoms with E-state index in [0.29, 0.717) is 6.42 Å².